The molecule has 0 radical (unpaired) electrons. The SMILES string of the molecule is CNP=COCN1CCN(C)CC1. The number of hydrogen-bond acceptors (Lipinski definition) is 4. The van der Waals surface area contributed by atoms with Crippen molar-refractivity contribution in [1.29, 1.82) is 0 Å². The van der Waals surface area contributed by atoms with Gasteiger partial charge in [0.1, 0.15) is 6.73 Å². The molecule has 0 unspecified atom stereocenters. The third-order valence-electron chi connectivity index (χ3n) is 2.11. The van der Waals surface area contributed by atoms with E-state index in [2.05, 4.69) is 21.9 Å². The van der Waals surface area contributed by atoms with Crippen LogP contribution in [0.5, 0.6) is 0 Å². The minimum Gasteiger partial charge on any atom is -0.333 e. The Hall–Kier alpha value is 0.0100. The molecule has 0 aromatic carbocycles. The Bertz CT molecular complexity index is 157. The molecule has 0 atom stereocenters. The molecule has 1 rings (SSSR count). The minimum absolute atomic E-state index is 0.725. The van der Waals surface area contributed by atoms with E-state index >= 15 is 0 Å². The van der Waals surface area contributed by atoms with Crippen LogP contribution in [0.15, 0.2) is 0 Å². The molecule has 4 nitrogen and oxygen atoms in total. The summed E-state index contributed by atoms with van der Waals surface area (Å²) in [4.78, 5) is 4.66. The van der Waals surface area contributed by atoms with Crippen LogP contribution < -0.4 is 5.09 Å². The third-order valence-corrected chi connectivity index (χ3v) is 2.62. The van der Waals surface area contributed by atoms with E-state index in [4.69, 9.17) is 4.74 Å². The Morgan fingerprint density at radius 3 is 2.69 bits per heavy atom. The van der Waals surface area contributed by atoms with Gasteiger partial charge in [0.2, 0.25) is 0 Å². The summed E-state index contributed by atoms with van der Waals surface area (Å²) in [5, 5.41) is 2.98. The van der Waals surface area contributed by atoms with Gasteiger partial charge < -0.3 is 9.64 Å². The first kappa shape index (κ1) is 11.1. The summed E-state index contributed by atoms with van der Waals surface area (Å²) in [6, 6.07) is 0. The van der Waals surface area contributed by atoms with Gasteiger partial charge in [0.25, 0.3) is 0 Å². The van der Waals surface area contributed by atoms with Crippen molar-refractivity contribution in [3.63, 3.8) is 0 Å². The van der Waals surface area contributed by atoms with Crippen LogP contribution in [0.1, 0.15) is 0 Å². The Labute approximate surface area is 81.7 Å². The molecule has 0 aliphatic carbocycles. The molecule has 1 aliphatic heterocycles. The van der Waals surface area contributed by atoms with Crippen LogP contribution >= 0.6 is 8.35 Å². The van der Waals surface area contributed by atoms with E-state index in [1.54, 1.807) is 5.98 Å². The van der Waals surface area contributed by atoms with Crippen molar-refractivity contribution < 1.29 is 4.74 Å². The molecule has 1 aliphatic rings. The van der Waals surface area contributed by atoms with Gasteiger partial charge in [0.05, 0.1) is 5.98 Å². The lowest BCUT2D eigenvalue weighted by molar-refractivity contribution is 0.0755. The molecule has 5 heteroatoms. The van der Waals surface area contributed by atoms with Gasteiger partial charge in [-0.15, -0.1) is 0 Å². The topological polar surface area (TPSA) is 27.7 Å². The zero-order valence-electron chi connectivity index (χ0n) is 8.36. The van der Waals surface area contributed by atoms with Gasteiger partial charge >= 0.3 is 0 Å². The first-order chi connectivity index (χ1) is 6.33. The molecule has 76 valence electrons. The largest absolute Gasteiger partial charge is 0.333 e. The van der Waals surface area contributed by atoms with E-state index in [0.29, 0.717) is 0 Å². The van der Waals surface area contributed by atoms with Gasteiger partial charge in [-0.25, -0.2) is 0 Å². The quantitative estimate of drug-likeness (QED) is 0.653. The van der Waals surface area contributed by atoms with Gasteiger partial charge in [-0.1, -0.05) is 0 Å². The lowest BCUT2D eigenvalue weighted by atomic mass is 10.3. The van der Waals surface area contributed by atoms with E-state index in [0.717, 1.165) is 41.3 Å². The van der Waals surface area contributed by atoms with E-state index in [-0.39, 0.29) is 0 Å². The molecule has 0 aromatic heterocycles. The number of ether oxygens (including phenoxy) is 1. The molecule has 1 N–H and O–H groups in total. The zero-order valence-corrected chi connectivity index (χ0v) is 9.26. The molecule has 0 aromatic rings. The number of likely N-dealkylation sites (N-methyl/N-ethyl adjacent to an activating group) is 1. The summed E-state index contributed by atoms with van der Waals surface area (Å²) in [6.45, 7) is 5.24. The average molecular weight is 203 g/mol. The molecule has 0 saturated carbocycles. The maximum Gasteiger partial charge on any atom is 0.106 e. The van der Waals surface area contributed by atoms with E-state index in [1.807, 2.05) is 7.05 Å². The number of rotatable bonds is 4. The summed E-state index contributed by atoms with van der Waals surface area (Å²) in [6.07, 6.45) is 0. The second-order valence-electron chi connectivity index (χ2n) is 3.18. The molecule has 1 heterocycles. The molecule has 0 bridgehead atoms. The molecular formula is C8H18N3OP. The van der Waals surface area contributed by atoms with Crippen molar-refractivity contribution in [3.05, 3.63) is 0 Å². The van der Waals surface area contributed by atoms with Gasteiger partial charge in [-0.2, -0.15) is 0 Å². The van der Waals surface area contributed by atoms with Crippen molar-refractivity contribution in [3.8, 4) is 0 Å². The first-order valence-electron chi connectivity index (χ1n) is 4.53. The van der Waals surface area contributed by atoms with Crippen molar-refractivity contribution in [1.82, 2.24) is 14.9 Å². The van der Waals surface area contributed by atoms with Crippen LogP contribution in [0, 0.1) is 0 Å². The predicted octanol–water partition coefficient (Wildman–Crippen LogP) is 0.0482. The summed E-state index contributed by atoms with van der Waals surface area (Å²) < 4.78 is 5.36. The fourth-order valence-electron chi connectivity index (χ4n) is 1.21. The van der Waals surface area contributed by atoms with E-state index in [1.165, 1.54) is 0 Å². The highest BCUT2D eigenvalue weighted by molar-refractivity contribution is 7.35. The Kier molecular flexibility index (Phi) is 5.51. The summed E-state index contributed by atoms with van der Waals surface area (Å²) in [5.74, 6) is 1.79. The molecule has 0 spiro atoms. The highest BCUT2D eigenvalue weighted by atomic mass is 31.1. The maximum absolute atomic E-state index is 5.36. The van der Waals surface area contributed by atoms with Crippen molar-refractivity contribution in [2.45, 2.75) is 0 Å². The van der Waals surface area contributed by atoms with Crippen molar-refractivity contribution in [2.75, 3.05) is 47.0 Å². The first-order valence-corrected chi connectivity index (χ1v) is 5.50. The Morgan fingerprint density at radius 1 is 1.38 bits per heavy atom. The number of hydrogen-bond donors (Lipinski definition) is 1. The summed E-state index contributed by atoms with van der Waals surface area (Å²) in [5.41, 5.74) is 0. The van der Waals surface area contributed by atoms with Gasteiger partial charge in [-0.05, 0) is 14.1 Å². The van der Waals surface area contributed by atoms with Gasteiger partial charge in [0, 0.05) is 34.5 Å². The Balaban J connectivity index is 2.05. The average Bonchev–Trinajstić information content (AvgIpc) is 2.15. The molecule has 1 saturated heterocycles. The van der Waals surface area contributed by atoms with Crippen LogP contribution in [0.3, 0.4) is 0 Å². The summed E-state index contributed by atoms with van der Waals surface area (Å²) in [7, 11) is 5.09. The van der Waals surface area contributed by atoms with Crippen LogP contribution in [-0.4, -0.2) is 62.8 Å². The fourth-order valence-corrected chi connectivity index (χ4v) is 1.45. The van der Waals surface area contributed by atoms with Crippen LogP contribution in [0.25, 0.3) is 0 Å². The second-order valence-corrected chi connectivity index (χ2v) is 4.09. The van der Waals surface area contributed by atoms with E-state index < -0.39 is 0 Å². The van der Waals surface area contributed by atoms with Crippen LogP contribution in [-0.2, 0) is 4.74 Å². The third kappa shape index (κ3) is 4.69. The number of nitrogens with zero attached hydrogens (tertiary/aromatic N) is 2. The number of piperazine rings is 1. The minimum atomic E-state index is 0.725. The lowest BCUT2D eigenvalue weighted by Gasteiger charge is -2.31. The second kappa shape index (κ2) is 6.46. The Morgan fingerprint density at radius 2 is 2.08 bits per heavy atom. The normalized spacial score (nSPS) is 21.4. The van der Waals surface area contributed by atoms with Crippen molar-refractivity contribution >= 4 is 14.3 Å². The zero-order chi connectivity index (χ0) is 9.52. The van der Waals surface area contributed by atoms with Gasteiger partial charge in [0.15, 0.2) is 0 Å². The van der Waals surface area contributed by atoms with Crippen molar-refractivity contribution in [2.24, 2.45) is 0 Å². The van der Waals surface area contributed by atoms with Crippen LogP contribution in [0.2, 0.25) is 0 Å². The molecule has 13 heavy (non-hydrogen) atoms. The number of nitrogens with one attached hydrogen (secondary N) is 1. The predicted molar refractivity (Wildman–Crippen MR) is 57.1 cm³/mol. The molecular weight excluding hydrogens is 185 g/mol. The fraction of sp³-hybridized carbons (Fsp3) is 0.875. The summed E-state index contributed by atoms with van der Waals surface area (Å²) >= 11 is 0. The maximum atomic E-state index is 5.36. The van der Waals surface area contributed by atoms with Crippen LogP contribution in [0.4, 0.5) is 0 Å². The molecule has 0 amide bonds. The highest BCUT2D eigenvalue weighted by Crippen LogP contribution is 1.98. The van der Waals surface area contributed by atoms with Gasteiger partial charge in [-0.3, -0.25) is 9.99 Å². The standard InChI is InChI=1S/C8H18N3OP/c1-9-13-8-12-7-11-5-3-10(2)4-6-11/h8-9H,3-7H2,1-2H3. The lowest BCUT2D eigenvalue weighted by Crippen LogP contribution is -2.45. The molecule has 1 fully saturated rings. The highest BCUT2D eigenvalue weighted by Gasteiger charge is 2.12. The smallest absolute Gasteiger partial charge is 0.106 e. The van der Waals surface area contributed by atoms with E-state index in [9.17, 15) is 0 Å². The monoisotopic (exact) mass is 203 g/mol.